The Morgan fingerprint density at radius 2 is 1.90 bits per heavy atom. The summed E-state index contributed by atoms with van der Waals surface area (Å²) in [6.07, 6.45) is 0.701. The highest BCUT2D eigenvalue weighted by atomic mass is 19.4. The predicted molar refractivity (Wildman–Crippen MR) is 109 cm³/mol. The fraction of sp³-hybridized carbons (Fsp3) is 0.333. The van der Waals surface area contributed by atoms with Crippen molar-refractivity contribution >= 4 is 11.8 Å². The molecule has 1 aliphatic rings. The Balaban J connectivity index is 1.47. The number of hydrogen-bond acceptors (Lipinski definition) is 7. The van der Waals surface area contributed by atoms with Gasteiger partial charge in [-0.3, -0.25) is 9.97 Å². The van der Waals surface area contributed by atoms with Crippen LogP contribution in [0.3, 0.4) is 0 Å². The minimum absolute atomic E-state index is 0.0404. The second-order valence-electron chi connectivity index (χ2n) is 7.31. The first-order valence-electron chi connectivity index (χ1n) is 9.89. The largest absolute Gasteiger partial charge is 0.421 e. The number of pyridine rings is 2. The van der Waals surface area contributed by atoms with Gasteiger partial charge < -0.3 is 15.7 Å². The van der Waals surface area contributed by atoms with Crippen LogP contribution >= 0.6 is 0 Å². The Morgan fingerprint density at radius 1 is 1.03 bits per heavy atom. The van der Waals surface area contributed by atoms with Crippen molar-refractivity contribution in [3.05, 3.63) is 60.2 Å². The summed E-state index contributed by atoms with van der Waals surface area (Å²) in [6.45, 7) is 0.235. The van der Waals surface area contributed by atoms with Gasteiger partial charge in [-0.25, -0.2) is 4.98 Å². The van der Waals surface area contributed by atoms with Crippen molar-refractivity contribution in [2.24, 2.45) is 0 Å². The minimum Gasteiger partial charge on any atom is -0.391 e. The lowest BCUT2D eigenvalue weighted by molar-refractivity contribution is -0.137. The van der Waals surface area contributed by atoms with Gasteiger partial charge in [0.05, 0.1) is 30.1 Å². The number of halogens is 3. The monoisotopic (exact) mass is 430 g/mol. The van der Waals surface area contributed by atoms with Gasteiger partial charge in [0.25, 0.3) is 0 Å². The lowest BCUT2D eigenvalue weighted by Gasteiger charge is -2.20. The van der Waals surface area contributed by atoms with E-state index in [1.165, 1.54) is 0 Å². The van der Waals surface area contributed by atoms with E-state index < -0.39 is 23.9 Å². The average Bonchev–Trinajstić information content (AvgIpc) is 3.17. The first kappa shape index (κ1) is 21.0. The summed E-state index contributed by atoms with van der Waals surface area (Å²) in [4.78, 5) is 16.4. The maximum Gasteiger partial charge on any atom is 0.421 e. The molecule has 7 nitrogen and oxygen atoms in total. The second-order valence-corrected chi connectivity index (χ2v) is 7.31. The van der Waals surface area contributed by atoms with Gasteiger partial charge in [0, 0.05) is 24.2 Å². The number of aliphatic hydroxyl groups is 1. The molecule has 31 heavy (non-hydrogen) atoms. The van der Waals surface area contributed by atoms with E-state index in [-0.39, 0.29) is 18.3 Å². The minimum atomic E-state index is -4.60. The molecule has 1 fully saturated rings. The van der Waals surface area contributed by atoms with E-state index in [0.717, 1.165) is 23.9 Å². The van der Waals surface area contributed by atoms with Gasteiger partial charge in [-0.15, -0.1) is 0 Å². The Hall–Kier alpha value is -3.27. The number of nitrogens with zero attached hydrogens (tertiary/aromatic N) is 4. The highest BCUT2D eigenvalue weighted by Gasteiger charge is 2.37. The van der Waals surface area contributed by atoms with Crippen molar-refractivity contribution in [1.82, 2.24) is 19.9 Å². The normalized spacial score (nSPS) is 18.7. The molecular weight excluding hydrogens is 409 g/mol. The molecule has 162 valence electrons. The van der Waals surface area contributed by atoms with Crippen LogP contribution in [-0.4, -0.2) is 37.2 Å². The molecule has 0 saturated heterocycles. The zero-order chi connectivity index (χ0) is 21.8. The standard InChI is InChI=1S/C21H21F3N6O/c22-21(23,24)15-12-28-20(30-19(15)29-17-5-3-6-18(17)31)27-11-14-8-7-13(10-26-14)16-4-1-2-9-25-16/h1-2,4,7-10,12,17-18,31H,3,5-6,11H2,(H2,27,28,29,30)/t17-,18-/m1/s1. The third-order valence-electron chi connectivity index (χ3n) is 5.11. The van der Waals surface area contributed by atoms with Crippen LogP contribution in [0.25, 0.3) is 11.3 Å². The van der Waals surface area contributed by atoms with Gasteiger partial charge in [0.2, 0.25) is 5.95 Å². The number of aromatic nitrogens is 4. The maximum absolute atomic E-state index is 13.4. The smallest absolute Gasteiger partial charge is 0.391 e. The molecule has 0 aliphatic heterocycles. The highest BCUT2D eigenvalue weighted by molar-refractivity contribution is 5.57. The fourth-order valence-electron chi connectivity index (χ4n) is 3.45. The molecule has 3 aromatic rings. The summed E-state index contributed by atoms with van der Waals surface area (Å²) >= 11 is 0. The van der Waals surface area contributed by atoms with Crippen molar-refractivity contribution in [1.29, 1.82) is 0 Å². The molecule has 1 saturated carbocycles. The third-order valence-corrected chi connectivity index (χ3v) is 5.11. The first-order chi connectivity index (χ1) is 14.9. The van der Waals surface area contributed by atoms with Crippen LogP contribution < -0.4 is 10.6 Å². The van der Waals surface area contributed by atoms with Crippen molar-refractivity contribution in [2.75, 3.05) is 10.6 Å². The number of aliphatic hydroxyl groups excluding tert-OH is 1. The first-order valence-corrected chi connectivity index (χ1v) is 9.89. The number of rotatable bonds is 6. The van der Waals surface area contributed by atoms with Crippen LogP contribution in [0.4, 0.5) is 24.9 Å². The van der Waals surface area contributed by atoms with Crippen LogP contribution in [0, 0.1) is 0 Å². The summed E-state index contributed by atoms with van der Waals surface area (Å²) in [5.41, 5.74) is 1.36. The van der Waals surface area contributed by atoms with Gasteiger partial charge in [0.1, 0.15) is 11.4 Å². The van der Waals surface area contributed by atoms with E-state index in [9.17, 15) is 18.3 Å². The molecule has 2 atom stereocenters. The molecule has 0 unspecified atom stereocenters. The average molecular weight is 430 g/mol. The lowest BCUT2D eigenvalue weighted by Crippen LogP contribution is -2.30. The van der Waals surface area contributed by atoms with Crippen LogP contribution in [-0.2, 0) is 12.7 Å². The molecule has 0 radical (unpaired) electrons. The molecule has 3 heterocycles. The number of alkyl halides is 3. The van der Waals surface area contributed by atoms with Gasteiger partial charge in [-0.1, -0.05) is 6.07 Å². The van der Waals surface area contributed by atoms with E-state index in [0.29, 0.717) is 18.5 Å². The van der Waals surface area contributed by atoms with Crippen LogP contribution in [0.15, 0.2) is 48.9 Å². The zero-order valence-electron chi connectivity index (χ0n) is 16.5. The molecule has 10 heteroatoms. The van der Waals surface area contributed by atoms with Crippen LogP contribution in [0.2, 0.25) is 0 Å². The summed E-state index contributed by atoms with van der Waals surface area (Å²) < 4.78 is 40.1. The van der Waals surface area contributed by atoms with E-state index in [1.807, 2.05) is 24.3 Å². The summed E-state index contributed by atoms with van der Waals surface area (Å²) in [6, 6.07) is 8.79. The molecular formula is C21H21F3N6O. The SMILES string of the molecule is O[C@@H]1CCC[C@H]1Nc1nc(NCc2ccc(-c3ccccn3)cn2)ncc1C(F)(F)F. The fourth-order valence-corrected chi connectivity index (χ4v) is 3.45. The van der Waals surface area contributed by atoms with E-state index in [1.54, 1.807) is 18.5 Å². The lowest BCUT2D eigenvalue weighted by atomic mass is 10.2. The van der Waals surface area contributed by atoms with E-state index in [4.69, 9.17) is 0 Å². The Morgan fingerprint density at radius 3 is 2.55 bits per heavy atom. The topological polar surface area (TPSA) is 95.8 Å². The van der Waals surface area contributed by atoms with Gasteiger partial charge in [-0.05, 0) is 43.5 Å². The zero-order valence-corrected chi connectivity index (χ0v) is 16.5. The molecule has 1 aliphatic carbocycles. The Bertz CT molecular complexity index is 1010. The van der Waals surface area contributed by atoms with E-state index in [2.05, 4.69) is 30.6 Å². The molecule has 3 aromatic heterocycles. The number of hydrogen-bond donors (Lipinski definition) is 3. The summed E-state index contributed by atoms with van der Waals surface area (Å²) in [5, 5.41) is 15.6. The number of anilines is 2. The van der Waals surface area contributed by atoms with E-state index >= 15 is 0 Å². The number of nitrogens with one attached hydrogen (secondary N) is 2. The van der Waals surface area contributed by atoms with Gasteiger partial charge in [-0.2, -0.15) is 18.2 Å². The van der Waals surface area contributed by atoms with Crippen molar-refractivity contribution in [2.45, 2.75) is 44.1 Å². The summed E-state index contributed by atoms with van der Waals surface area (Å²) in [7, 11) is 0. The maximum atomic E-state index is 13.4. The van der Waals surface area contributed by atoms with Crippen LogP contribution in [0.1, 0.15) is 30.5 Å². The van der Waals surface area contributed by atoms with Gasteiger partial charge in [0.15, 0.2) is 0 Å². The van der Waals surface area contributed by atoms with Gasteiger partial charge >= 0.3 is 6.18 Å². The quantitative estimate of drug-likeness (QED) is 0.546. The second kappa shape index (κ2) is 8.84. The molecule has 0 amide bonds. The molecule has 4 rings (SSSR count). The molecule has 0 aromatic carbocycles. The Kier molecular flexibility index (Phi) is 5.99. The summed E-state index contributed by atoms with van der Waals surface area (Å²) in [5.74, 6) is -0.298. The predicted octanol–water partition coefficient (Wildman–Crippen LogP) is 3.89. The van der Waals surface area contributed by atoms with Crippen LogP contribution in [0.5, 0.6) is 0 Å². The molecule has 3 N–H and O–H groups in total. The highest BCUT2D eigenvalue weighted by Crippen LogP contribution is 2.35. The van der Waals surface area contributed by atoms with Crippen molar-refractivity contribution < 1.29 is 18.3 Å². The third kappa shape index (κ3) is 5.08. The van der Waals surface area contributed by atoms with Crippen molar-refractivity contribution in [3.8, 4) is 11.3 Å². The molecule has 0 spiro atoms. The van der Waals surface area contributed by atoms with Crippen molar-refractivity contribution in [3.63, 3.8) is 0 Å². The molecule has 0 bridgehead atoms. The Labute approximate surface area is 176 Å².